The first-order chi connectivity index (χ1) is 16.1. The first-order valence-electron chi connectivity index (χ1n) is 11.0. The maximum Gasteiger partial charge on any atom is 0.253 e. The minimum Gasteiger partial charge on any atom is -0.339 e. The Labute approximate surface area is 195 Å². The normalized spacial score (nSPS) is 14.5. The third-order valence-corrected chi connectivity index (χ3v) is 6.91. The average molecular weight is 458 g/mol. The number of carbonyl (C=O) groups excluding carboxylic acids is 2. The molecule has 0 N–H and O–H groups in total. The van der Waals surface area contributed by atoms with Gasteiger partial charge in [0.05, 0.1) is 17.6 Å². The van der Waals surface area contributed by atoms with Crippen LogP contribution < -0.4 is 0 Å². The Hall–Kier alpha value is -3.52. The van der Waals surface area contributed by atoms with Crippen molar-refractivity contribution in [3.05, 3.63) is 70.9 Å². The molecule has 0 radical (unpaired) electrons. The van der Waals surface area contributed by atoms with Gasteiger partial charge in [0, 0.05) is 35.5 Å². The predicted octanol–water partition coefficient (Wildman–Crippen LogP) is 4.12. The summed E-state index contributed by atoms with van der Waals surface area (Å²) >= 11 is 1.54. The molecule has 1 amide bonds. The fraction of sp³-hybridized carbons (Fsp3) is 0.280. The molecule has 1 saturated heterocycles. The summed E-state index contributed by atoms with van der Waals surface area (Å²) in [6.07, 6.45) is 1.61. The largest absolute Gasteiger partial charge is 0.339 e. The average Bonchev–Trinajstić information content (AvgIpc) is 3.30. The highest BCUT2D eigenvalue weighted by Crippen LogP contribution is 2.27. The Morgan fingerprint density at radius 2 is 1.76 bits per heavy atom. The molecule has 0 spiro atoms. The summed E-state index contributed by atoms with van der Waals surface area (Å²) in [5.74, 6) is 0.132. The van der Waals surface area contributed by atoms with Gasteiger partial charge in [0.15, 0.2) is 0 Å². The number of aryl methyl sites for hydroxylation is 1. The van der Waals surface area contributed by atoms with Crippen molar-refractivity contribution < 1.29 is 9.59 Å². The summed E-state index contributed by atoms with van der Waals surface area (Å²) in [6, 6.07) is 17.1. The fourth-order valence-corrected chi connectivity index (χ4v) is 4.90. The number of likely N-dealkylation sites (tertiary alicyclic amines) is 1. The molecule has 2 aromatic heterocycles. The van der Waals surface area contributed by atoms with E-state index in [2.05, 4.69) is 20.4 Å². The number of piperidine rings is 1. The molecule has 0 aliphatic carbocycles. The smallest absolute Gasteiger partial charge is 0.253 e. The van der Waals surface area contributed by atoms with Crippen LogP contribution in [0.3, 0.4) is 0 Å². The molecule has 0 saturated carbocycles. The van der Waals surface area contributed by atoms with Gasteiger partial charge in [-0.15, -0.1) is 10.2 Å². The zero-order valence-corrected chi connectivity index (χ0v) is 19.1. The van der Waals surface area contributed by atoms with Crippen LogP contribution in [-0.2, 0) is 11.2 Å². The molecule has 166 valence electrons. The van der Waals surface area contributed by atoms with Crippen LogP contribution in [0.5, 0.6) is 0 Å². The molecule has 4 aromatic rings. The first kappa shape index (κ1) is 21.3. The van der Waals surface area contributed by atoms with Gasteiger partial charge in [-0.25, -0.2) is 0 Å². The highest BCUT2D eigenvalue weighted by molar-refractivity contribution is 7.14. The Balaban J connectivity index is 1.24. The maximum atomic E-state index is 13.0. The van der Waals surface area contributed by atoms with Gasteiger partial charge in [-0.05, 0) is 56.2 Å². The summed E-state index contributed by atoms with van der Waals surface area (Å²) in [6.45, 7) is 3.12. The highest BCUT2D eigenvalue weighted by atomic mass is 32.1. The van der Waals surface area contributed by atoms with Gasteiger partial charge in [0.25, 0.3) is 5.91 Å². The molecule has 0 atom stereocenters. The topological polar surface area (TPSA) is 88.9 Å². The van der Waals surface area contributed by atoms with Crippen molar-refractivity contribution in [3.63, 3.8) is 0 Å². The van der Waals surface area contributed by atoms with Crippen LogP contribution >= 0.6 is 11.3 Å². The van der Waals surface area contributed by atoms with Gasteiger partial charge in [0.2, 0.25) is 0 Å². The number of amides is 1. The lowest BCUT2D eigenvalue weighted by Crippen LogP contribution is -2.40. The molecule has 0 bridgehead atoms. The van der Waals surface area contributed by atoms with Gasteiger partial charge in [-0.3, -0.25) is 9.59 Å². The van der Waals surface area contributed by atoms with E-state index >= 15 is 0 Å². The highest BCUT2D eigenvalue weighted by Gasteiger charge is 2.28. The van der Waals surface area contributed by atoms with E-state index in [1.165, 1.54) is 0 Å². The number of benzene rings is 2. The lowest BCUT2D eigenvalue weighted by atomic mass is 9.90. The third kappa shape index (κ3) is 4.66. The van der Waals surface area contributed by atoms with Crippen molar-refractivity contribution in [2.75, 3.05) is 13.1 Å². The second kappa shape index (κ2) is 9.15. The van der Waals surface area contributed by atoms with Crippen LogP contribution in [0.1, 0.15) is 33.9 Å². The van der Waals surface area contributed by atoms with Crippen molar-refractivity contribution in [3.8, 4) is 10.6 Å². The Morgan fingerprint density at radius 1 is 0.970 bits per heavy atom. The number of aromatic nitrogens is 4. The molecule has 8 heteroatoms. The van der Waals surface area contributed by atoms with Crippen molar-refractivity contribution in [1.29, 1.82) is 0 Å². The SMILES string of the molecule is Cc1nnc(-c2ccc3nnc(CC(=O)C4CCN(C(=O)c5ccccc5)CC4)cc3c2)s1. The lowest BCUT2D eigenvalue weighted by Gasteiger charge is -2.31. The van der Waals surface area contributed by atoms with Crippen LogP contribution in [0.25, 0.3) is 21.5 Å². The molecular weight excluding hydrogens is 434 g/mol. The number of hydrogen-bond acceptors (Lipinski definition) is 7. The first-order valence-corrected chi connectivity index (χ1v) is 11.8. The van der Waals surface area contributed by atoms with E-state index in [1.807, 2.05) is 66.4 Å². The summed E-state index contributed by atoms with van der Waals surface area (Å²) in [7, 11) is 0. The summed E-state index contributed by atoms with van der Waals surface area (Å²) in [5.41, 5.74) is 3.12. The summed E-state index contributed by atoms with van der Waals surface area (Å²) in [4.78, 5) is 27.4. The van der Waals surface area contributed by atoms with Crippen molar-refractivity contribution >= 4 is 33.9 Å². The van der Waals surface area contributed by atoms with E-state index in [0.29, 0.717) is 37.2 Å². The molecule has 2 aromatic carbocycles. The lowest BCUT2D eigenvalue weighted by molar-refractivity contribution is -0.123. The number of fused-ring (bicyclic) bond motifs is 1. The quantitative estimate of drug-likeness (QED) is 0.448. The van der Waals surface area contributed by atoms with Crippen molar-refractivity contribution in [2.24, 2.45) is 5.92 Å². The van der Waals surface area contributed by atoms with Gasteiger partial charge in [-0.1, -0.05) is 29.5 Å². The number of nitrogens with zero attached hydrogens (tertiary/aromatic N) is 5. The van der Waals surface area contributed by atoms with Gasteiger partial charge in [-0.2, -0.15) is 10.2 Å². The maximum absolute atomic E-state index is 13.0. The molecule has 1 aliphatic heterocycles. The number of rotatable bonds is 5. The van der Waals surface area contributed by atoms with Crippen LogP contribution in [-0.4, -0.2) is 50.1 Å². The van der Waals surface area contributed by atoms with Crippen molar-refractivity contribution in [2.45, 2.75) is 26.2 Å². The van der Waals surface area contributed by atoms with E-state index in [1.54, 1.807) is 11.3 Å². The second-order valence-electron chi connectivity index (χ2n) is 8.31. The zero-order valence-electron chi connectivity index (χ0n) is 18.3. The Morgan fingerprint density at radius 3 is 2.48 bits per heavy atom. The molecule has 1 aliphatic rings. The fourth-order valence-electron chi connectivity index (χ4n) is 4.21. The minimum absolute atomic E-state index is 0.0309. The molecule has 33 heavy (non-hydrogen) atoms. The number of hydrogen-bond donors (Lipinski definition) is 0. The van der Waals surface area contributed by atoms with E-state index in [4.69, 9.17) is 0 Å². The zero-order chi connectivity index (χ0) is 22.8. The summed E-state index contributed by atoms with van der Waals surface area (Å²) in [5, 5.41) is 19.6. The number of ketones is 1. The van der Waals surface area contributed by atoms with E-state index in [-0.39, 0.29) is 24.0 Å². The Kier molecular flexibility index (Phi) is 5.92. The van der Waals surface area contributed by atoms with Crippen LogP contribution in [0.2, 0.25) is 0 Å². The number of Topliss-reactive ketones (excluding diaryl/α,β-unsaturated/α-hetero) is 1. The van der Waals surface area contributed by atoms with Gasteiger partial charge >= 0.3 is 0 Å². The molecule has 0 unspecified atom stereocenters. The standard InChI is InChI=1S/C25H23N5O2S/c1-16-26-29-24(33-16)19-7-8-22-20(13-19)14-21(27-28-22)15-23(31)17-9-11-30(12-10-17)25(32)18-5-3-2-4-6-18/h2-8,13-14,17H,9-12,15H2,1H3. The molecular formula is C25H23N5O2S. The molecule has 5 rings (SSSR count). The molecule has 1 fully saturated rings. The minimum atomic E-state index is -0.0574. The van der Waals surface area contributed by atoms with Crippen LogP contribution in [0.4, 0.5) is 0 Å². The van der Waals surface area contributed by atoms with E-state index < -0.39 is 0 Å². The van der Waals surface area contributed by atoms with Gasteiger partial charge in [0.1, 0.15) is 15.8 Å². The second-order valence-corrected chi connectivity index (χ2v) is 9.49. The monoisotopic (exact) mass is 457 g/mol. The molecule has 3 heterocycles. The predicted molar refractivity (Wildman–Crippen MR) is 127 cm³/mol. The number of carbonyl (C=O) groups is 2. The Bertz CT molecular complexity index is 1310. The van der Waals surface area contributed by atoms with Gasteiger partial charge < -0.3 is 4.90 Å². The third-order valence-electron chi connectivity index (χ3n) is 6.02. The van der Waals surface area contributed by atoms with E-state index in [9.17, 15) is 9.59 Å². The van der Waals surface area contributed by atoms with Crippen LogP contribution in [0.15, 0.2) is 54.6 Å². The van der Waals surface area contributed by atoms with Crippen molar-refractivity contribution in [1.82, 2.24) is 25.3 Å². The summed E-state index contributed by atoms with van der Waals surface area (Å²) < 4.78 is 0. The molecule has 7 nitrogen and oxygen atoms in total. The van der Waals surface area contributed by atoms with E-state index in [0.717, 1.165) is 26.5 Å². The van der Waals surface area contributed by atoms with Crippen LogP contribution in [0, 0.1) is 12.8 Å².